The number of carbonyl (C=O) groups is 3. The Morgan fingerprint density at radius 3 is 2.24 bits per heavy atom. The number of hydrogen-bond acceptors (Lipinski definition) is 6. The van der Waals surface area contributed by atoms with E-state index < -0.39 is 5.97 Å². The van der Waals surface area contributed by atoms with E-state index in [2.05, 4.69) is 22.1 Å². The van der Waals surface area contributed by atoms with Crippen molar-refractivity contribution in [2.24, 2.45) is 35.5 Å². The smallest absolute Gasteiger partial charge is 0.331 e. The number of nitrogens with zero attached hydrogens (tertiary/aromatic N) is 3. The van der Waals surface area contributed by atoms with Gasteiger partial charge in [-0.1, -0.05) is 24.3 Å². The van der Waals surface area contributed by atoms with Crippen LogP contribution < -0.4 is 4.74 Å². The topological polar surface area (TPSA) is 89.5 Å². The first-order valence-corrected chi connectivity index (χ1v) is 11.6. The summed E-state index contributed by atoms with van der Waals surface area (Å²) in [6, 6.07) is 14.6. The SMILES string of the molecule is O=C(CN1C(=O)[C@@H]2[C@H]3C=C[C@@H]([C@@H]4C[C@@H]34)[C@@H]2C1=O)Oc1ccc(-c2cnc3ccccc3n2)cc1. The average molecular weight is 451 g/mol. The van der Waals surface area contributed by atoms with E-state index in [4.69, 9.17) is 4.74 Å². The molecule has 2 amide bonds. The molecule has 3 aromatic rings. The zero-order chi connectivity index (χ0) is 23.0. The number of rotatable bonds is 4. The van der Waals surface area contributed by atoms with E-state index in [-0.39, 0.29) is 42.0 Å². The molecule has 0 radical (unpaired) electrons. The Bertz CT molecular complexity index is 1360. The Morgan fingerprint density at radius 2 is 1.56 bits per heavy atom. The van der Waals surface area contributed by atoms with Gasteiger partial charge in [-0.15, -0.1) is 0 Å². The molecule has 2 aromatic carbocycles. The van der Waals surface area contributed by atoms with Crippen molar-refractivity contribution < 1.29 is 19.1 Å². The fourth-order valence-electron chi connectivity index (χ4n) is 6.26. The van der Waals surface area contributed by atoms with Crippen molar-refractivity contribution in [2.45, 2.75) is 6.42 Å². The Balaban J connectivity index is 1.04. The number of allylic oxidation sites excluding steroid dienone is 2. The largest absolute Gasteiger partial charge is 0.425 e. The molecule has 3 fully saturated rings. The maximum absolute atomic E-state index is 13.0. The van der Waals surface area contributed by atoms with E-state index in [1.807, 2.05) is 24.3 Å². The first-order chi connectivity index (χ1) is 16.6. The number of esters is 1. The molecule has 0 unspecified atom stereocenters. The number of hydrogen-bond donors (Lipinski definition) is 0. The molecule has 1 aliphatic heterocycles. The highest BCUT2D eigenvalue weighted by Gasteiger charge is 2.67. The molecule has 4 aliphatic carbocycles. The lowest BCUT2D eigenvalue weighted by atomic mass is 9.63. The van der Waals surface area contributed by atoms with Crippen LogP contribution >= 0.6 is 0 Å². The summed E-state index contributed by atoms with van der Waals surface area (Å²) >= 11 is 0. The van der Waals surface area contributed by atoms with Gasteiger partial charge in [0.05, 0.1) is 34.8 Å². The normalized spacial score (nSPS) is 30.4. The van der Waals surface area contributed by atoms with E-state index in [1.54, 1.807) is 30.5 Å². The number of para-hydroxylation sites is 2. The van der Waals surface area contributed by atoms with Crippen LogP contribution in [0.5, 0.6) is 5.75 Å². The third-order valence-electron chi connectivity index (χ3n) is 7.87. The molecule has 5 aliphatic rings. The van der Waals surface area contributed by atoms with Gasteiger partial charge in [-0.05, 0) is 66.5 Å². The van der Waals surface area contributed by atoms with Crippen molar-refractivity contribution in [3.63, 3.8) is 0 Å². The molecule has 1 saturated heterocycles. The molecule has 8 rings (SSSR count). The van der Waals surface area contributed by atoms with Crippen LogP contribution in [0.2, 0.25) is 0 Å². The molecule has 7 heteroatoms. The summed E-state index contributed by atoms with van der Waals surface area (Å²) in [5.41, 5.74) is 3.18. The molecule has 6 atom stereocenters. The fourth-order valence-corrected chi connectivity index (χ4v) is 6.26. The van der Waals surface area contributed by atoms with E-state index >= 15 is 0 Å². The van der Waals surface area contributed by atoms with Crippen molar-refractivity contribution in [2.75, 3.05) is 6.54 Å². The third kappa shape index (κ3) is 2.86. The average Bonchev–Trinajstić information content (AvgIpc) is 3.65. The quantitative estimate of drug-likeness (QED) is 0.262. The van der Waals surface area contributed by atoms with Crippen LogP contribution in [0.4, 0.5) is 0 Å². The first-order valence-electron chi connectivity index (χ1n) is 11.6. The third-order valence-corrected chi connectivity index (χ3v) is 7.87. The Morgan fingerprint density at radius 1 is 0.912 bits per heavy atom. The number of fused-ring (bicyclic) bond motifs is 1. The molecule has 34 heavy (non-hydrogen) atoms. The van der Waals surface area contributed by atoms with Crippen molar-refractivity contribution in [3.05, 3.63) is 66.9 Å². The number of imide groups is 1. The number of likely N-dealkylation sites (tertiary alicyclic amines) is 1. The lowest BCUT2D eigenvalue weighted by Crippen LogP contribution is -2.40. The second kappa shape index (κ2) is 7.06. The summed E-state index contributed by atoms with van der Waals surface area (Å²) in [5, 5.41) is 0. The van der Waals surface area contributed by atoms with E-state index in [0.717, 1.165) is 27.9 Å². The Kier molecular flexibility index (Phi) is 4.07. The van der Waals surface area contributed by atoms with E-state index in [9.17, 15) is 14.4 Å². The van der Waals surface area contributed by atoms with Crippen molar-refractivity contribution in [1.29, 1.82) is 0 Å². The maximum Gasteiger partial charge on any atom is 0.331 e. The molecular formula is C27H21N3O4. The van der Waals surface area contributed by atoms with Crippen LogP contribution in [0.15, 0.2) is 66.9 Å². The van der Waals surface area contributed by atoms with Crippen LogP contribution in [0, 0.1) is 35.5 Å². The molecule has 7 nitrogen and oxygen atoms in total. The van der Waals surface area contributed by atoms with Gasteiger partial charge in [-0.3, -0.25) is 19.5 Å². The number of carbonyl (C=O) groups excluding carboxylic acids is 3. The maximum atomic E-state index is 13.0. The van der Waals surface area contributed by atoms with Crippen LogP contribution in [-0.4, -0.2) is 39.2 Å². The van der Waals surface area contributed by atoms with Crippen molar-refractivity contribution in [1.82, 2.24) is 14.9 Å². The lowest BCUT2D eigenvalue weighted by Gasteiger charge is -2.37. The van der Waals surface area contributed by atoms with Gasteiger partial charge in [0, 0.05) is 5.56 Å². The minimum absolute atomic E-state index is 0.142. The van der Waals surface area contributed by atoms with Gasteiger partial charge in [-0.2, -0.15) is 0 Å². The standard InChI is InChI=1S/C27H21N3O4/c31-23(13-30-26(32)24-16-9-10-17(19-11-18(16)19)25(24)27(30)33)34-15-7-5-14(6-8-15)22-12-28-20-3-1-2-4-21(20)29-22/h1-10,12,16-19,24-25H,11,13H2/t16-,17-,18-,19-,24-,25+/m0/s1. The van der Waals surface area contributed by atoms with Crippen molar-refractivity contribution >= 4 is 28.8 Å². The summed E-state index contributed by atoms with van der Waals surface area (Å²) in [7, 11) is 0. The molecule has 2 heterocycles. The van der Waals surface area contributed by atoms with Crippen molar-refractivity contribution in [3.8, 4) is 17.0 Å². The summed E-state index contributed by atoms with van der Waals surface area (Å²) < 4.78 is 5.45. The molecule has 1 aromatic heterocycles. The lowest BCUT2D eigenvalue weighted by molar-refractivity contribution is -0.148. The van der Waals surface area contributed by atoms with Crippen LogP contribution in [0.1, 0.15) is 6.42 Å². The van der Waals surface area contributed by atoms with E-state index in [1.165, 1.54) is 0 Å². The van der Waals surface area contributed by atoms with Gasteiger partial charge in [-0.25, -0.2) is 9.78 Å². The second-order valence-electron chi connectivity index (χ2n) is 9.66. The summed E-state index contributed by atoms with van der Waals surface area (Å²) in [5.74, 6) is 0.0282. The molecule has 2 saturated carbocycles. The molecular weight excluding hydrogens is 430 g/mol. The summed E-state index contributed by atoms with van der Waals surface area (Å²) in [6.07, 6.45) is 7.06. The zero-order valence-electron chi connectivity index (χ0n) is 18.2. The number of amides is 2. The number of aromatic nitrogens is 2. The highest BCUT2D eigenvalue weighted by atomic mass is 16.5. The van der Waals surface area contributed by atoms with E-state index in [0.29, 0.717) is 23.3 Å². The monoisotopic (exact) mass is 451 g/mol. The fraction of sp³-hybridized carbons (Fsp3) is 0.296. The van der Waals surface area contributed by atoms with Crippen LogP contribution in [0.3, 0.4) is 0 Å². The highest BCUT2D eigenvalue weighted by Crippen LogP contribution is 2.65. The summed E-state index contributed by atoms with van der Waals surface area (Å²) in [4.78, 5) is 48.9. The van der Waals surface area contributed by atoms with Gasteiger partial charge < -0.3 is 4.74 Å². The first kappa shape index (κ1) is 19.6. The minimum Gasteiger partial charge on any atom is -0.425 e. The number of benzene rings is 2. The molecule has 168 valence electrons. The zero-order valence-corrected chi connectivity index (χ0v) is 18.2. The highest BCUT2D eigenvalue weighted by molar-refractivity contribution is 6.08. The molecule has 0 spiro atoms. The van der Waals surface area contributed by atoms with Crippen LogP contribution in [0.25, 0.3) is 22.3 Å². The van der Waals surface area contributed by atoms with Gasteiger partial charge in [0.25, 0.3) is 0 Å². The minimum atomic E-state index is -0.621. The van der Waals surface area contributed by atoms with Crippen LogP contribution in [-0.2, 0) is 14.4 Å². The Hall–Kier alpha value is -3.87. The molecule has 0 N–H and O–H groups in total. The van der Waals surface area contributed by atoms with Gasteiger partial charge in [0.2, 0.25) is 11.8 Å². The van der Waals surface area contributed by atoms with Gasteiger partial charge in [0.1, 0.15) is 12.3 Å². The van der Waals surface area contributed by atoms with Gasteiger partial charge >= 0.3 is 5.97 Å². The van der Waals surface area contributed by atoms with Gasteiger partial charge in [0.15, 0.2) is 0 Å². The predicted molar refractivity (Wildman–Crippen MR) is 122 cm³/mol. The predicted octanol–water partition coefficient (Wildman–Crippen LogP) is 3.26. The Labute approximate surface area is 195 Å². The molecule has 2 bridgehead atoms. The number of ether oxygens (including phenoxy) is 1. The summed E-state index contributed by atoms with van der Waals surface area (Å²) in [6.45, 7) is -0.350. The second-order valence-corrected chi connectivity index (χ2v) is 9.66.